The minimum atomic E-state index is -0.628. The lowest BCUT2D eigenvalue weighted by molar-refractivity contribution is 0.255. The summed E-state index contributed by atoms with van der Waals surface area (Å²) in [6, 6.07) is 6.80. The van der Waals surface area contributed by atoms with Crippen molar-refractivity contribution in [2.45, 2.75) is 31.8 Å². The highest BCUT2D eigenvalue weighted by Gasteiger charge is 2.22. The van der Waals surface area contributed by atoms with Gasteiger partial charge in [0.25, 0.3) is 0 Å². The Bertz CT molecular complexity index is 641. The predicted molar refractivity (Wildman–Crippen MR) is 92.9 cm³/mol. The number of rotatable bonds is 6. The van der Waals surface area contributed by atoms with E-state index in [2.05, 4.69) is 29.8 Å². The van der Waals surface area contributed by atoms with Crippen molar-refractivity contribution in [3.8, 4) is 0 Å². The molecule has 6 nitrogen and oxygen atoms in total. The number of thiol groups is 1. The van der Waals surface area contributed by atoms with Gasteiger partial charge in [-0.2, -0.15) is 9.07 Å². The van der Waals surface area contributed by atoms with Crippen LogP contribution in [-0.2, 0) is 0 Å². The van der Waals surface area contributed by atoms with Crippen LogP contribution in [0.2, 0.25) is 0 Å². The molecule has 0 fully saturated rings. The summed E-state index contributed by atoms with van der Waals surface area (Å²) in [5.41, 5.74) is 7.23. The van der Waals surface area contributed by atoms with Crippen LogP contribution < -0.4 is 10.6 Å². The van der Waals surface area contributed by atoms with Crippen LogP contribution in [0.4, 0.5) is 16.4 Å². The monoisotopic (exact) mass is 337 g/mol. The van der Waals surface area contributed by atoms with Crippen LogP contribution in [-0.4, -0.2) is 26.0 Å². The molecule has 0 atom stereocenters. The van der Waals surface area contributed by atoms with E-state index in [1.54, 1.807) is 0 Å². The lowest BCUT2D eigenvalue weighted by atomic mass is 10.2. The summed E-state index contributed by atoms with van der Waals surface area (Å²) in [6.07, 6.45) is 2.19. The van der Waals surface area contributed by atoms with Crippen LogP contribution in [0.15, 0.2) is 29.4 Å². The SMILES string of the molecule is CCCCSc1nc(N(C(N)=O)c2ccc(C)cc2)n(S)n1. The number of hydrogen-bond acceptors (Lipinski definition) is 5. The predicted octanol–water partition coefficient (Wildman–Crippen LogP) is 3.39. The highest BCUT2D eigenvalue weighted by molar-refractivity contribution is 7.99. The molecule has 2 N–H and O–H groups in total. The second-order valence-electron chi connectivity index (χ2n) is 4.80. The van der Waals surface area contributed by atoms with E-state index in [0.29, 0.717) is 16.8 Å². The van der Waals surface area contributed by atoms with Crippen molar-refractivity contribution in [3.63, 3.8) is 0 Å². The average molecular weight is 337 g/mol. The van der Waals surface area contributed by atoms with Crippen LogP contribution in [0.1, 0.15) is 25.3 Å². The maximum absolute atomic E-state index is 11.8. The van der Waals surface area contributed by atoms with Gasteiger partial charge in [0, 0.05) is 5.75 Å². The van der Waals surface area contributed by atoms with E-state index < -0.39 is 6.03 Å². The Labute approximate surface area is 139 Å². The van der Waals surface area contributed by atoms with Crippen molar-refractivity contribution < 1.29 is 4.79 Å². The van der Waals surface area contributed by atoms with E-state index in [4.69, 9.17) is 5.73 Å². The lowest BCUT2D eigenvalue weighted by Crippen LogP contribution is -2.33. The number of anilines is 2. The van der Waals surface area contributed by atoms with E-state index in [-0.39, 0.29) is 0 Å². The number of urea groups is 1. The third-order valence-electron chi connectivity index (χ3n) is 3.00. The normalized spacial score (nSPS) is 10.7. The topological polar surface area (TPSA) is 77.0 Å². The number of hydrogen-bond donors (Lipinski definition) is 2. The maximum atomic E-state index is 11.8. The molecule has 1 aromatic heterocycles. The van der Waals surface area contributed by atoms with Gasteiger partial charge in [0.1, 0.15) is 0 Å². The third kappa shape index (κ3) is 3.95. The summed E-state index contributed by atoms with van der Waals surface area (Å²) in [4.78, 5) is 17.5. The molecule has 0 spiro atoms. The first-order valence-electron chi connectivity index (χ1n) is 6.98. The summed E-state index contributed by atoms with van der Waals surface area (Å²) in [7, 11) is 0. The minimum absolute atomic E-state index is 0.290. The molecule has 2 amide bonds. The van der Waals surface area contributed by atoms with E-state index >= 15 is 0 Å². The van der Waals surface area contributed by atoms with Gasteiger partial charge in [-0.1, -0.05) is 42.8 Å². The zero-order chi connectivity index (χ0) is 16.1. The average Bonchev–Trinajstić information content (AvgIpc) is 2.82. The number of amides is 2. The largest absolute Gasteiger partial charge is 0.351 e. The van der Waals surface area contributed by atoms with Gasteiger partial charge in [0.15, 0.2) is 0 Å². The molecule has 0 saturated heterocycles. The molecule has 0 aliphatic heterocycles. The summed E-state index contributed by atoms with van der Waals surface area (Å²) >= 11 is 5.78. The zero-order valence-corrected chi connectivity index (χ0v) is 14.3. The minimum Gasteiger partial charge on any atom is -0.351 e. The van der Waals surface area contributed by atoms with Crippen LogP contribution in [0.3, 0.4) is 0 Å². The van der Waals surface area contributed by atoms with Crippen LogP contribution in [0.25, 0.3) is 0 Å². The van der Waals surface area contributed by atoms with Gasteiger partial charge in [0.05, 0.1) is 5.69 Å². The number of aromatic nitrogens is 3. The van der Waals surface area contributed by atoms with E-state index in [1.165, 1.54) is 20.7 Å². The van der Waals surface area contributed by atoms with Gasteiger partial charge >= 0.3 is 6.03 Å². The molecule has 1 aromatic carbocycles. The number of primary amides is 1. The molecule has 0 radical (unpaired) electrons. The Morgan fingerprint density at radius 1 is 1.41 bits per heavy atom. The zero-order valence-electron chi connectivity index (χ0n) is 12.6. The van der Waals surface area contributed by atoms with Crippen molar-refractivity contribution in [1.29, 1.82) is 0 Å². The molecule has 22 heavy (non-hydrogen) atoms. The van der Waals surface area contributed by atoms with E-state index in [1.807, 2.05) is 31.2 Å². The van der Waals surface area contributed by atoms with Gasteiger partial charge in [-0.15, -0.1) is 5.10 Å². The fraction of sp³-hybridized carbons (Fsp3) is 0.357. The first-order valence-corrected chi connectivity index (χ1v) is 8.36. The molecule has 118 valence electrons. The number of nitrogens with two attached hydrogens (primary N) is 1. The van der Waals surface area contributed by atoms with Crippen molar-refractivity contribution in [3.05, 3.63) is 29.8 Å². The highest BCUT2D eigenvalue weighted by atomic mass is 32.2. The number of nitrogens with zero attached hydrogens (tertiary/aromatic N) is 4. The molecule has 8 heteroatoms. The number of carbonyl (C=O) groups excluding carboxylic acids is 1. The standard InChI is InChI=1S/C14H19N5OS2/c1-3-4-9-22-13-16-14(19(21)17-13)18(12(15)20)11-7-5-10(2)6-8-11/h5-8,21H,3-4,9H2,1-2H3,(H2,15,20). The molecular weight excluding hydrogens is 318 g/mol. The van der Waals surface area contributed by atoms with Crippen molar-refractivity contribution in [1.82, 2.24) is 14.2 Å². The summed E-state index contributed by atoms with van der Waals surface area (Å²) in [6.45, 7) is 4.10. The Balaban J connectivity index is 2.29. The summed E-state index contributed by atoms with van der Waals surface area (Å²) in [5.74, 6) is 1.22. The molecule has 0 unspecified atom stereocenters. The number of carbonyl (C=O) groups is 1. The quantitative estimate of drug-likeness (QED) is 0.481. The maximum Gasteiger partial charge on any atom is 0.326 e. The molecule has 0 aliphatic rings. The van der Waals surface area contributed by atoms with Gasteiger partial charge < -0.3 is 5.73 Å². The Morgan fingerprint density at radius 3 is 2.68 bits per heavy atom. The molecule has 0 aliphatic carbocycles. The lowest BCUT2D eigenvalue weighted by Gasteiger charge is -2.18. The second kappa shape index (κ2) is 7.55. The van der Waals surface area contributed by atoms with Crippen LogP contribution in [0.5, 0.6) is 0 Å². The Hall–Kier alpha value is -1.67. The molecule has 0 bridgehead atoms. The van der Waals surface area contributed by atoms with Crippen molar-refractivity contribution >= 4 is 42.2 Å². The van der Waals surface area contributed by atoms with E-state index in [0.717, 1.165) is 24.2 Å². The fourth-order valence-electron chi connectivity index (χ4n) is 1.82. The number of aryl methyl sites for hydroxylation is 1. The molecule has 0 saturated carbocycles. The Kier molecular flexibility index (Phi) is 5.73. The van der Waals surface area contributed by atoms with Crippen molar-refractivity contribution in [2.24, 2.45) is 5.73 Å². The Morgan fingerprint density at radius 2 is 2.09 bits per heavy atom. The fourth-order valence-corrected chi connectivity index (χ4v) is 3.00. The molecular formula is C14H19N5OS2. The first kappa shape index (κ1) is 16.7. The van der Waals surface area contributed by atoms with Gasteiger partial charge in [-0.25, -0.2) is 9.69 Å². The first-order chi connectivity index (χ1) is 10.5. The van der Waals surface area contributed by atoms with Gasteiger partial charge in [0.2, 0.25) is 11.1 Å². The smallest absolute Gasteiger partial charge is 0.326 e. The molecule has 2 aromatic rings. The van der Waals surface area contributed by atoms with Gasteiger partial charge in [-0.3, -0.25) is 0 Å². The van der Waals surface area contributed by atoms with Crippen LogP contribution in [0, 0.1) is 6.92 Å². The second-order valence-corrected chi connectivity index (χ2v) is 6.24. The number of thioether (sulfide) groups is 1. The third-order valence-corrected chi connectivity index (χ3v) is 4.19. The summed E-state index contributed by atoms with van der Waals surface area (Å²) < 4.78 is 1.28. The van der Waals surface area contributed by atoms with Crippen molar-refractivity contribution in [2.75, 3.05) is 10.7 Å². The molecule has 2 rings (SSSR count). The molecule has 1 heterocycles. The number of benzene rings is 1. The van der Waals surface area contributed by atoms with Gasteiger partial charge in [-0.05, 0) is 38.3 Å². The van der Waals surface area contributed by atoms with Crippen LogP contribution >= 0.6 is 24.6 Å². The van der Waals surface area contributed by atoms with E-state index in [9.17, 15) is 4.79 Å². The number of unbranched alkanes of at least 4 members (excludes halogenated alkanes) is 1. The highest BCUT2D eigenvalue weighted by Crippen LogP contribution is 2.27. The summed E-state index contributed by atoms with van der Waals surface area (Å²) in [5, 5.41) is 4.79.